The molecule has 0 aliphatic carbocycles. The average Bonchev–Trinajstić information content (AvgIpc) is 2.20. The number of anilines is 1. The SMILES string of the molecule is CC(Nc1ccc(F)c(C#N)c1)C(N)=O. The van der Waals surface area contributed by atoms with Crippen LogP contribution in [-0.4, -0.2) is 11.9 Å². The maximum Gasteiger partial charge on any atom is 0.239 e. The zero-order valence-corrected chi connectivity index (χ0v) is 8.12. The van der Waals surface area contributed by atoms with Crippen LogP contribution in [0.1, 0.15) is 12.5 Å². The van der Waals surface area contributed by atoms with E-state index in [1.165, 1.54) is 12.1 Å². The minimum atomic E-state index is -0.588. The Hall–Kier alpha value is -2.09. The van der Waals surface area contributed by atoms with Gasteiger partial charge in [0, 0.05) is 5.69 Å². The predicted octanol–water partition coefficient (Wildman–Crippen LogP) is 0.983. The number of primary amides is 1. The van der Waals surface area contributed by atoms with Crippen molar-refractivity contribution < 1.29 is 9.18 Å². The Morgan fingerprint density at radius 1 is 1.67 bits per heavy atom. The molecule has 15 heavy (non-hydrogen) atoms. The summed E-state index contributed by atoms with van der Waals surface area (Å²) in [6.45, 7) is 1.58. The molecule has 78 valence electrons. The van der Waals surface area contributed by atoms with Gasteiger partial charge in [0.25, 0.3) is 0 Å². The monoisotopic (exact) mass is 207 g/mol. The molecular formula is C10H10FN3O. The first kappa shape index (κ1) is 11.0. The van der Waals surface area contributed by atoms with Gasteiger partial charge in [0.15, 0.2) is 0 Å². The van der Waals surface area contributed by atoms with E-state index in [9.17, 15) is 9.18 Å². The van der Waals surface area contributed by atoms with E-state index >= 15 is 0 Å². The standard InChI is InChI=1S/C10H10FN3O/c1-6(10(13)15)14-8-2-3-9(11)7(4-8)5-12/h2-4,6,14H,1H3,(H2,13,15). The topological polar surface area (TPSA) is 78.9 Å². The summed E-state index contributed by atoms with van der Waals surface area (Å²) in [5.41, 5.74) is 5.46. The fraction of sp³-hybridized carbons (Fsp3) is 0.200. The summed E-state index contributed by atoms with van der Waals surface area (Å²) in [5.74, 6) is -1.10. The van der Waals surface area contributed by atoms with Crippen LogP contribution in [0.4, 0.5) is 10.1 Å². The average molecular weight is 207 g/mol. The molecule has 0 saturated carbocycles. The van der Waals surface area contributed by atoms with Gasteiger partial charge in [-0.15, -0.1) is 0 Å². The summed E-state index contributed by atoms with van der Waals surface area (Å²) in [6.07, 6.45) is 0. The van der Waals surface area contributed by atoms with Crippen molar-refractivity contribution in [1.29, 1.82) is 5.26 Å². The molecule has 3 N–H and O–H groups in total. The van der Waals surface area contributed by atoms with Crippen molar-refractivity contribution in [2.24, 2.45) is 5.73 Å². The van der Waals surface area contributed by atoms with E-state index in [1.54, 1.807) is 13.0 Å². The van der Waals surface area contributed by atoms with Crippen LogP contribution in [-0.2, 0) is 4.79 Å². The molecule has 1 atom stereocenters. The number of nitrogens with zero attached hydrogens (tertiary/aromatic N) is 1. The van der Waals surface area contributed by atoms with Crippen molar-refractivity contribution in [3.8, 4) is 6.07 Å². The Morgan fingerprint density at radius 2 is 2.33 bits per heavy atom. The number of amides is 1. The first-order valence-corrected chi connectivity index (χ1v) is 4.30. The molecule has 0 aliphatic rings. The molecule has 0 aromatic heterocycles. The van der Waals surface area contributed by atoms with Crippen LogP contribution in [0.2, 0.25) is 0 Å². The molecule has 1 aromatic rings. The van der Waals surface area contributed by atoms with Crippen molar-refractivity contribution in [2.45, 2.75) is 13.0 Å². The molecule has 0 bridgehead atoms. The highest BCUT2D eigenvalue weighted by molar-refractivity contribution is 5.82. The summed E-state index contributed by atoms with van der Waals surface area (Å²) >= 11 is 0. The zero-order valence-electron chi connectivity index (χ0n) is 8.12. The summed E-state index contributed by atoms with van der Waals surface area (Å²) in [5, 5.41) is 11.3. The second-order valence-corrected chi connectivity index (χ2v) is 3.07. The molecule has 1 amide bonds. The number of nitriles is 1. The lowest BCUT2D eigenvalue weighted by atomic mass is 10.2. The van der Waals surface area contributed by atoms with Gasteiger partial charge in [0.1, 0.15) is 17.9 Å². The summed E-state index contributed by atoms with van der Waals surface area (Å²) in [7, 11) is 0. The van der Waals surface area contributed by atoms with Gasteiger partial charge in [0.2, 0.25) is 5.91 Å². The smallest absolute Gasteiger partial charge is 0.239 e. The third-order valence-electron chi connectivity index (χ3n) is 1.90. The quantitative estimate of drug-likeness (QED) is 0.775. The van der Waals surface area contributed by atoms with Crippen molar-refractivity contribution >= 4 is 11.6 Å². The molecule has 1 unspecified atom stereocenters. The van der Waals surface area contributed by atoms with Gasteiger partial charge in [-0.25, -0.2) is 4.39 Å². The van der Waals surface area contributed by atoms with E-state index in [0.29, 0.717) is 5.69 Å². The van der Waals surface area contributed by atoms with Gasteiger partial charge >= 0.3 is 0 Å². The van der Waals surface area contributed by atoms with Crippen molar-refractivity contribution in [1.82, 2.24) is 0 Å². The number of rotatable bonds is 3. The van der Waals surface area contributed by atoms with Crippen LogP contribution in [0.5, 0.6) is 0 Å². The number of nitrogens with one attached hydrogen (secondary N) is 1. The van der Waals surface area contributed by atoms with Crippen LogP contribution in [0, 0.1) is 17.1 Å². The number of carbonyl (C=O) groups is 1. The van der Waals surface area contributed by atoms with E-state index in [4.69, 9.17) is 11.0 Å². The summed E-state index contributed by atoms with van der Waals surface area (Å²) in [4.78, 5) is 10.7. The number of nitrogens with two attached hydrogens (primary N) is 1. The van der Waals surface area contributed by atoms with E-state index < -0.39 is 17.8 Å². The number of carbonyl (C=O) groups excluding carboxylic acids is 1. The molecule has 0 spiro atoms. The molecule has 0 radical (unpaired) electrons. The van der Waals surface area contributed by atoms with Crippen LogP contribution in [0.25, 0.3) is 0 Å². The normalized spacial score (nSPS) is 11.5. The van der Waals surface area contributed by atoms with E-state index in [0.717, 1.165) is 6.07 Å². The van der Waals surface area contributed by atoms with Crippen LogP contribution in [0.15, 0.2) is 18.2 Å². The molecule has 0 saturated heterocycles. The molecule has 1 aromatic carbocycles. The van der Waals surface area contributed by atoms with Crippen LogP contribution in [0.3, 0.4) is 0 Å². The maximum absolute atomic E-state index is 12.9. The predicted molar refractivity (Wildman–Crippen MR) is 53.4 cm³/mol. The third kappa shape index (κ3) is 2.68. The van der Waals surface area contributed by atoms with Gasteiger partial charge in [-0.1, -0.05) is 0 Å². The van der Waals surface area contributed by atoms with Crippen LogP contribution >= 0.6 is 0 Å². The van der Waals surface area contributed by atoms with Crippen molar-refractivity contribution in [3.63, 3.8) is 0 Å². The van der Waals surface area contributed by atoms with Gasteiger partial charge < -0.3 is 11.1 Å². The second kappa shape index (κ2) is 4.42. The molecular weight excluding hydrogens is 197 g/mol. The first-order valence-electron chi connectivity index (χ1n) is 4.30. The van der Waals surface area contributed by atoms with Gasteiger partial charge in [-0.3, -0.25) is 4.79 Å². The lowest BCUT2D eigenvalue weighted by Crippen LogP contribution is -2.32. The highest BCUT2D eigenvalue weighted by Gasteiger charge is 2.09. The summed E-state index contributed by atoms with van der Waals surface area (Å²) in [6, 6.07) is 5.07. The minimum absolute atomic E-state index is 0.0725. The fourth-order valence-corrected chi connectivity index (χ4v) is 1.02. The number of benzene rings is 1. The summed E-state index contributed by atoms with van der Waals surface area (Å²) < 4.78 is 12.9. The van der Waals surface area contributed by atoms with Crippen LogP contribution < -0.4 is 11.1 Å². The molecule has 0 heterocycles. The number of halogens is 1. The Balaban J connectivity index is 2.89. The molecule has 1 rings (SSSR count). The van der Waals surface area contributed by atoms with E-state index in [2.05, 4.69) is 5.32 Å². The Kier molecular flexibility index (Phi) is 3.24. The largest absolute Gasteiger partial charge is 0.374 e. The van der Waals surface area contributed by atoms with Gasteiger partial charge in [-0.05, 0) is 25.1 Å². The molecule has 4 nitrogen and oxygen atoms in total. The third-order valence-corrected chi connectivity index (χ3v) is 1.90. The highest BCUT2D eigenvalue weighted by Crippen LogP contribution is 2.14. The van der Waals surface area contributed by atoms with Gasteiger partial charge in [0.05, 0.1) is 5.56 Å². The second-order valence-electron chi connectivity index (χ2n) is 3.07. The first-order chi connectivity index (χ1) is 7.04. The minimum Gasteiger partial charge on any atom is -0.374 e. The lowest BCUT2D eigenvalue weighted by molar-refractivity contribution is -0.118. The number of hydrogen-bond donors (Lipinski definition) is 2. The fourth-order valence-electron chi connectivity index (χ4n) is 1.02. The molecule has 0 fully saturated rings. The van der Waals surface area contributed by atoms with Crippen molar-refractivity contribution in [3.05, 3.63) is 29.6 Å². The zero-order chi connectivity index (χ0) is 11.4. The Morgan fingerprint density at radius 3 is 2.87 bits per heavy atom. The van der Waals surface area contributed by atoms with Gasteiger partial charge in [-0.2, -0.15) is 5.26 Å². The highest BCUT2D eigenvalue weighted by atomic mass is 19.1. The van der Waals surface area contributed by atoms with E-state index in [-0.39, 0.29) is 5.56 Å². The van der Waals surface area contributed by atoms with E-state index in [1.807, 2.05) is 0 Å². The Bertz CT molecular complexity index is 425. The van der Waals surface area contributed by atoms with Crippen molar-refractivity contribution in [2.75, 3.05) is 5.32 Å². The molecule has 0 aliphatic heterocycles. The lowest BCUT2D eigenvalue weighted by Gasteiger charge is -2.11. The Labute approximate surface area is 86.5 Å². The molecule has 5 heteroatoms. The maximum atomic E-state index is 12.9. The number of hydrogen-bond acceptors (Lipinski definition) is 3.